The lowest BCUT2D eigenvalue weighted by Crippen LogP contribution is -3.06. The van der Waals surface area contributed by atoms with Crippen LogP contribution in [0.5, 0.6) is 17.2 Å². The molecule has 1 atom stereocenters. The molecule has 1 amide bonds. The summed E-state index contributed by atoms with van der Waals surface area (Å²) in [5, 5.41) is 13.6. The first-order chi connectivity index (χ1) is 15.9. The number of Topliss-reactive ketones (excluding diaryl/α,β-unsaturated/α-hetero) is 1. The lowest BCUT2D eigenvalue weighted by molar-refractivity contribution is -0.857. The number of ether oxygens (including phenoxy) is 3. The molecular formula is C25H28N2O6. The molecule has 1 unspecified atom stereocenters. The Morgan fingerprint density at radius 2 is 1.79 bits per heavy atom. The van der Waals surface area contributed by atoms with Gasteiger partial charge in [0.15, 0.2) is 11.5 Å². The molecule has 2 heterocycles. The Balaban J connectivity index is 1.79. The Hall–Kier alpha value is -3.52. The number of likely N-dealkylation sites (N-methyl/N-ethyl adjacent to an activating group) is 1. The SMILES string of the molecule is CCOc1ccc(C2C(=C([O-])c3ccc4c(c3)OCCO4)C(=O)C(=O)N2CC[NH+](C)C)cc1. The van der Waals surface area contributed by atoms with Crippen molar-refractivity contribution in [2.75, 3.05) is 47.0 Å². The molecular weight excluding hydrogens is 424 g/mol. The summed E-state index contributed by atoms with van der Waals surface area (Å²) >= 11 is 0. The van der Waals surface area contributed by atoms with Gasteiger partial charge in [-0.1, -0.05) is 24.0 Å². The van der Waals surface area contributed by atoms with Crippen molar-refractivity contribution in [1.29, 1.82) is 0 Å². The highest BCUT2D eigenvalue weighted by molar-refractivity contribution is 6.46. The van der Waals surface area contributed by atoms with Crippen molar-refractivity contribution in [3.8, 4) is 17.2 Å². The van der Waals surface area contributed by atoms with Crippen LogP contribution in [0.2, 0.25) is 0 Å². The minimum absolute atomic E-state index is 0.0467. The van der Waals surface area contributed by atoms with Crippen LogP contribution in [-0.2, 0) is 9.59 Å². The molecule has 8 nitrogen and oxygen atoms in total. The second-order valence-corrected chi connectivity index (χ2v) is 8.29. The van der Waals surface area contributed by atoms with Crippen molar-refractivity contribution >= 4 is 17.4 Å². The molecule has 0 saturated carbocycles. The van der Waals surface area contributed by atoms with E-state index < -0.39 is 23.5 Å². The number of carbonyl (C=O) groups excluding carboxylic acids is 2. The molecule has 0 spiro atoms. The average molecular weight is 453 g/mol. The number of carbonyl (C=O) groups is 2. The summed E-state index contributed by atoms with van der Waals surface area (Å²) in [4.78, 5) is 28.7. The Labute approximate surface area is 193 Å². The summed E-state index contributed by atoms with van der Waals surface area (Å²) in [6.07, 6.45) is 0. The number of ketones is 1. The van der Waals surface area contributed by atoms with Gasteiger partial charge >= 0.3 is 0 Å². The van der Waals surface area contributed by atoms with Crippen LogP contribution in [-0.4, -0.2) is 63.6 Å². The maximum atomic E-state index is 13.6. The highest BCUT2D eigenvalue weighted by Gasteiger charge is 2.44. The van der Waals surface area contributed by atoms with Crippen LogP contribution in [0.3, 0.4) is 0 Å². The smallest absolute Gasteiger partial charge is 0.295 e. The van der Waals surface area contributed by atoms with Crippen LogP contribution in [0.4, 0.5) is 0 Å². The first-order valence-electron chi connectivity index (χ1n) is 11.1. The molecule has 0 bridgehead atoms. The van der Waals surface area contributed by atoms with Crippen molar-refractivity contribution in [1.82, 2.24) is 4.90 Å². The highest BCUT2D eigenvalue weighted by Crippen LogP contribution is 2.40. The molecule has 1 saturated heterocycles. The molecule has 2 aliphatic heterocycles. The fraction of sp³-hybridized carbons (Fsp3) is 0.360. The Kier molecular flexibility index (Phi) is 6.55. The van der Waals surface area contributed by atoms with Crippen LogP contribution >= 0.6 is 0 Å². The van der Waals surface area contributed by atoms with E-state index in [0.717, 1.165) is 4.90 Å². The van der Waals surface area contributed by atoms with Crippen molar-refractivity contribution < 1.29 is 33.8 Å². The maximum Gasteiger partial charge on any atom is 0.295 e. The van der Waals surface area contributed by atoms with Gasteiger partial charge < -0.3 is 29.1 Å². The second-order valence-electron chi connectivity index (χ2n) is 8.29. The number of benzene rings is 2. The van der Waals surface area contributed by atoms with Gasteiger partial charge in [0.05, 0.1) is 39.8 Å². The minimum atomic E-state index is -0.763. The van der Waals surface area contributed by atoms with Crippen LogP contribution < -0.4 is 24.2 Å². The second kappa shape index (κ2) is 9.54. The number of rotatable bonds is 7. The molecule has 2 aromatic rings. The molecule has 4 rings (SSSR count). The minimum Gasteiger partial charge on any atom is -0.872 e. The van der Waals surface area contributed by atoms with Crippen molar-refractivity contribution in [3.05, 3.63) is 59.2 Å². The van der Waals surface area contributed by atoms with E-state index in [9.17, 15) is 14.7 Å². The number of hydrogen-bond acceptors (Lipinski definition) is 6. The van der Waals surface area contributed by atoms with Gasteiger partial charge in [-0.3, -0.25) is 9.59 Å². The Morgan fingerprint density at radius 3 is 2.45 bits per heavy atom. The average Bonchev–Trinajstić information content (AvgIpc) is 3.07. The molecule has 0 radical (unpaired) electrons. The fourth-order valence-electron chi connectivity index (χ4n) is 4.04. The Bertz CT molecular complexity index is 1080. The zero-order valence-electron chi connectivity index (χ0n) is 19.1. The van der Waals surface area contributed by atoms with Crippen LogP contribution in [0.25, 0.3) is 5.76 Å². The molecule has 2 aromatic carbocycles. The third-order valence-corrected chi connectivity index (χ3v) is 5.69. The lowest BCUT2D eigenvalue weighted by atomic mass is 9.95. The normalized spacial score (nSPS) is 19.3. The van der Waals surface area contributed by atoms with Gasteiger partial charge in [-0.2, -0.15) is 0 Å². The first-order valence-corrected chi connectivity index (χ1v) is 11.1. The zero-order chi connectivity index (χ0) is 23.5. The van der Waals surface area contributed by atoms with E-state index in [1.165, 1.54) is 4.90 Å². The highest BCUT2D eigenvalue weighted by atomic mass is 16.6. The van der Waals surface area contributed by atoms with Gasteiger partial charge in [0, 0.05) is 5.57 Å². The van der Waals surface area contributed by atoms with Gasteiger partial charge in [-0.25, -0.2) is 0 Å². The van der Waals surface area contributed by atoms with Crippen LogP contribution in [0, 0.1) is 0 Å². The summed E-state index contributed by atoms with van der Waals surface area (Å²) in [6.45, 7) is 4.23. The molecule has 8 heteroatoms. The fourth-order valence-corrected chi connectivity index (χ4v) is 4.04. The van der Waals surface area contributed by atoms with Gasteiger partial charge in [0.25, 0.3) is 5.91 Å². The van der Waals surface area contributed by atoms with E-state index in [2.05, 4.69) is 0 Å². The van der Waals surface area contributed by atoms with Crippen LogP contribution in [0.1, 0.15) is 24.1 Å². The summed E-state index contributed by atoms with van der Waals surface area (Å²) < 4.78 is 16.6. The van der Waals surface area contributed by atoms with E-state index in [-0.39, 0.29) is 11.1 Å². The zero-order valence-corrected chi connectivity index (χ0v) is 19.1. The third kappa shape index (κ3) is 4.52. The number of fused-ring (bicyclic) bond motifs is 1. The largest absolute Gasteiger partial charge is 0.872 e. The predicted molar refractivity (Wildman–Crippen MR) is 119 cm³/mol. The van der Waals surface area contributed by atoms with E-state index >= 15 is 0 Å². The standard InChI is InChI=1S/C25H28N2O6/c1-4-31-18-8-5-16(6-9-18)22-21(24(29)25(30)27(22)12-11-26(2)3)23(28)17-7-10-19-20(15-17)33-14-13-32-19/h5-10,15,22,28H,4,11-14H2,1-3H3. The van der Waals surface area contributed by atoms with E-state index in [4.69, 9.17) is 14.2 Å². The van der Waals surface area contributed by atoms with Crippen molar-refractivity contribution in [3.63, 3.8) is 0 Å². The van der Waals surface area contributed by atoms with Gasteiger partial charge in [-0.15, -0.1) is 0 Å². The molecule has 0 aromatic heterocycles. The number of amides is 1. The van der Waals surface area contributed by atoms with Gasteiger partial charge in [0.1, 0.15) is 19.0 Å². The maximum absolute atomic E-state index is 13.6. The number of quaternary nitrogens is 1. The summed E-state index contributed by atoms with van der Waals surface area (Å²) in [5.41, 5.74) is 0.924. The third-order valence-electron chi connectivity index (χ3n) is 5.69. The van der Waals surface area contributed by atoms with Gasteiger partial charge in [-0.05, 0) is 42.3 Å². The summed E-state index contributed by atoms with van der Waals surface area (Å²) in [7, 11) is 3.94. The van der Waals surface area contributed by atoms with E-state index in [0.29, 0.717) is 55.7 Å². The monoisotopic (exact) mass is 452 g/mol. The van der Waals surface area contributed by atoms with E-state index in [1.807, 2.05) is 21.0 Å². The Morgan fingerprint density at radius 1 is 1.09 bits per heavy atom. The number of nitrogens with one attached hydrogen (secondary N) is 1. The van der Waals surface area contributed by atoms with Gasteiger partial charge in [0.2, 0.25) is 5.78 Å². The van der Waals surface area contributed by atoms with Crippen molar-refractivity contribution in [2.24, 2.45) is 0 Å². The molecule has 33 heavy (non-hydrogen) atoms. The van der Waals surface area contributed by atoms with E-state index in [1.54, 1.807) is 42.5 Å². The molecule has 174 valence electrons. The number of likely N-dealkylation sites (tertiary alicyclic amines) is 1. The van der Waals surface area contributed by atoms with Crippen LogP contribution in [0.15, 0.2) is 48.0 Å². The quantitative estimate of drug-likeness (QED) is 0.367. The number of hydrogen-bond donors (Lipinski definition) is 1. The predicted octanol–water partition coefficient (Wildman–Crippen LogP) is 0.225. The first kappa shape index (κ1) is 22.7. The molecule has 1 N–H and O–H groups in total. The molecule has 0 aliphatic carbocycles. The summed E-state index contributed by atoms with van der Waals surface area (Å²) in [6, 6.07) is 11.2. The van der Waals surface area contributed by atoms with Crippen molar-refractivity contribution in [2.45, 2.75) is 13.0 Å². The summed E-state index contributed by atoms with van der Waals surface area (Å²) in [5.74, 6) is -0.214. The molecule has 1 fully saturated rings. The molecule has 2 aliphatic rings. The number of nitrogens with zero attached hydrogens (tertiary/aromatic N) is 1. The lowest BCUT2D eigenvalue weighted by Gasteiger charge is -2.28. The topological polar surface area (TPSA) is 92.6 Å².